The molecule has 2 aliphatic rings. The SMILES string of the molecule is COc1cccc(-c2ccc3c(=O)n(-c4ccc(Cl)c5c(NS(C)(=O)=O)nn(C)c45)c([C@H](Cc4cc(F)cc(F)c4)NC(=O)Cn4nc(C(F)F)c5c4C(F)(F)[C@@H]4C[C@H]54)nc3c2)n1. The van der Waals surface area contributed by atoms with E-state index in [0.717, 1.165) is 23.0 Å². The smallest absolute Gasteiger partial charge is 0.293 e. The zero-order valence-electron chi connectivity index (χ0n) is 33.0. The van der Waals surface area contributed by atoms with Crippen LogP contribution in [0.3, 0.4) is 0 Å². The second-order valence-corrected chi connectivity index (χ2v) is 17.5. The Kier molecular flexibility index (Phi) is 10.0. The normalized spacial score (nSPS) is 16.9. The second-order valence-electron chi connectivity index (χ2n) is 15.3. The van der Waals surface area contributed by atoms with E-state index in [0.29, 0.717) is 22.0 Å². The molecule has 0 bridgehead atoms. The molecule has 4 heterocycles. The predicted octanol–water partition coefficient (Wildman–Crippen LogP) is 7.09. The first kappa shape index (κ1) is 41.9. The zero-order valence-corrected chi connectivity index (χ0v) is 34.6. The number of ether oxygens (including phenoxy) is 1. The topological polar surface area (TPSA) is 168 Å². The van der Waals surface area contributed by atoms with Gasteiger partial charge in [-0.15, -0.1) is 0 Å². The molecule has 0 spiro atoms. The number of aryl methyl sites for hydroxylation is 1. The summed E-state index contributed by atoms with van der Waals surface area (Å²) in [6, 6.07) is 13.4. The van der Waals surface area contributed by atoms with E-state index < -0.39 is 87.7 Å². The molecule has 3 aromatic carbocycles. The van der Waals surface area contributed by atoms with Crippen molar-refractivity contribution in [3.05, 3.63) is 122 Å². The van der Waals surface area contributed by atoms with Gasteiger partial charge < -0.3 is 10.1 Å². The Morgan fingerprint density at radius 2 is 1.78 bits per heavy atom. The zero-order chi connectivity index (χ0) is 44.9. The largest absolute Gasteiger partial charge is 0.481 e. The number of anilines is 1. The molecule has 7 aromatic rings. The maximum absolute atomic E-state index is 15.5. The fourth-order valence-electron chi connectivity index (χ4n) is 8.43. The van der Waals surface area contributed by atoms with Gasteiger partial charge in [0.05, 0.1) is 57.6 Å². The molecule has 0 aliphatic heterocycles. The maximum atomic E-state index is 15.5. The molecule has 2 aliphatic carbocycles. The van der Waals surface area contributed by atoms with Gasteiger partial charge in [0.25, 0.3) is 17.9 Å². The van der Waals surface area contributed by atoms with Crippen LogP contribution < -0.4 is 20.3 Å². The van der Waals surface area contributed by atoms with E-state index >= 15 is 13.6 Å². The second kappa shape index (κ2) is 15.1. The molecule has 3 atom stereocenters. The number of nitrogens with one attached hydrogen (secondary N) is 2. The molecule has 1 fully saturated rings. The van der Waals surface area contributed by atoms with Crippen molar-refractivity contribution < 1.29 is 44.3 Å². The van der Waals surface area contributed by atoms with Gasteiger partial charge in [-0.1, -0.05) is 23.7 Å². The van der Waals surface area contributed by atoms with E-state index in [1.807, 2.05) is 0 Å². The summed E-state index contributed by atoms with van der Waals surface area (Å²) >= 11 is 6.63. The molecule has 4 aromatic heterocycles. The monoisotopic (exact) mass is 911 g/mol. The van der Waals surface area contributed by atoms with Crippen molar-refractivity contribution in [3.8, 4) is 22.8 Å². The highest BCUT2D eigenvalue weighted by molar-refractivity contribution is 7.92. The van der Waals surface area contributed by atoms with Gasteiger partial charge in [-0.2, -0.15) is 19.0 Å². The summed E-state index contributed by atoms with van der Waals surface area (Å²) < 4.78 is 124. The number of rotatable bonds is 12. The van der Waals surface area contributed by atoms with Crippen molar-refractivity contribution in [2.24, 2.45) is 13.0 Å². The number of sulfonamides is 1. The molecule has 0 unspecified atom stereocenters. The van der Waals surface area contributed by atoms with Gasteiger partial charge in [-0.25, -0.2) is 35.9 Å². The quantitative estimate of drug-likeness (QED) is 0.122. The number of fused-ring (bicyclic) bond motifs is 5. The molecule has 9 rings (SSSR count). The molecule has 326 valence electrons. The molecule has 22 heteroatoms. The van der Waals surface area contributed by atoms with Crippen molar-refractivity contribution in [1.82, 2.24) is 39.4 Å². The molecule has 1 saturated carbocycles. The number of alkyl halides is 4. The lowest BCUT2D eigenvalue weighted by Gasteiger charge is -2.24. The first-order chi connectivity index (χ1) is 29.8. The summed E-state index contributed by atoms with van der Waals surface area (Å²) in [6.07, 6.45) is -2.80. The van der Waals surface area contributed by atoms with Gasteiger partial charge in [-0.3, -0.25) is 28.2 Å². The third-order valence-corrected chi connectivity index (χ3v) is 11.9. The minimum absolute atomic E-state index is 0.00824. The van der Waals surface area contributed by atoms with Crippen molar-refractivity contribution in [1.29, 1.82) is 0 Å². The molecule has 0 radical (unpaired) electrons. The van der Waals surface area contributed by atoms with Crippen LogP contribution in [0.2, 0.25) is 5.02 Å². The number of carbonyl (C=O) groups is 1. The number of amides is 1. The van der Waals surface area contributed by atoms with Gasteiger partial charge in [0.15, 0.2) is 5.82 Å². The van der Waals surface area contributed by atoms with E-state index in [4.69, 9.17) is 21.3 Å². The summed E-state index contributed by atoms with van der Waals surface area (Å²) in [5.74, 6) is -8.80. The number of benzene rings is 3. The van der Waals surface area contributed by atoms with E-state index in [9.17, 15) is 30.8 Å². The average molecular weight is 912 g/mol. The van der Waals surface area contributed by atoms with Crippen LogP contribution in [0.4, 0.5) is 32.2 Å². The number of hydrogen-bond acceptors (Lipinski definition) is 9. The fraction of sp³-hybridized carbons (Fsp3) is 0.268. The van der Waals surface area contributed by atoms with Crippen LogP contribution in [0.15, 0.2) is 71.5 Å². The fourth-order valence-corrected chi connectivity index (χ4v) is 9.16. The number of nitrogens with zero attached hydrogens (tertiary/aromatic N) is 7. The predicted molar refractivity (Wildman–Crippen MR) is 218 cm³/mol. The van der Waals surface area contributed by atoms with Gasteiger partial charge in [0.1, 0.15) is 35.4 Å². The number of hydrogen-bond donors (Lipinski definition) is 2. The molecular weight excluding hydrogens is 880 g/mol. The molecule has 1 amide bonds. The standard InChI is InChI=1S/C41H32ClF6N9O5S/c1-55-35-29(10-9-25(42)33(35)38(53-55)54-63(3,60)61)57-39(51-27-14-19(7-8-22(27)40(57)59)26-5-4-6-31(50-26)62-2)28(13-18-11-20(43)15-21(44)12-18)49-30(58)17-56-36-32(34(52-56)37(45)46)23-16-24(23)41(36,47)48/h4-12,14-15,23-24,28,37H,13,16-17H2,1-3H3,(H,49,58)(H,53,54)/t23-,24+,28-/m0/s1. The Morgan fingerprint density at radius 3 is 2.48 bits per heavy atom. The van der Waals surface area contributed by atoms with Crippen molar-refractivity contribution in [2.75, 3.05) is 18.1 Å². The van der Waals surface area contributed by atoms with Crippen molar-refractivity contribution >= 4 is 55.2 Å². The number of methoxy groups -OCH3 is 1. The lowest BCUT2D eigenvalue weighted by molar-refractivity contribution is -0.123. The Hall–Kier alpha value is -6.48. The maximum Gasteiger partial charge on any atom is 0.293 e. The van der Waals surface area contributed by atoms with Gasteiger partial charge >= 0.3 is 0 Å². The number of aromatic nitrogens is 7. The van der Waals surface area contributed by atoms with E-state index in [-0.39, 0.29) is 67.6 Å². The molecule has 0 saturated heterocycles. The molecule has 2 N–H and O–H groups in total. The Balaban J connectivity index is 1.26. The third kappa shape index (κ3) is 7.41. The van der Waals surface area contributed by atoms with Gasteiger partial charge in [0.2, 0.25) is 21.8 Å². The van der Waals surface area contributed by atoms with Crippen LogP contribution in [0, 0.1) is 17.6 Å². The van der Waals surface area contributed by atoms with Crippen LogP contribution in [0.25, 0.3) is 38.8 Å². The highest BCUT2D eigenvalue weighted by Gasteiger charge is 2.67. The third-order valence-electron chi connectivity index (χ3n) is 11.0. The molecule has 14 nitrogen and oxygen atoms in total. The van der Waals surface area contributed by atoms with Crippen LogP contribution in [0.5, 0.6) is 5.88 Å². The summed E-state index contributed by atoms with van der Waals surface area (Å²) in [7, 11) is -1.03. The first-order valence-corrected chi connectivity index (χ1v) is 21.3. The van der Waals surface area contributed by atoms with Crippen LogP contribution in [-0.2, 0) is 40.8 Å². The summed E-state index contributed by atoms with van der Waals surface area (Å²) in [4.78, 5) is 38.5. The highest BCUT2D eigenvalue weighted by atomic mass is 35.5. The first-order valence-electron chi connectivity index (χ1n) is 19.1. The lowest BCUT2D eigenvalue weighted by atomic mass is 10.0. The minimum Gasteiger partial charge on any atom is -0.481 e. The number of halogens is 7. The molecule has 63 heavy (non-hydrogen) atoms. The average Bonchev–Trinajstić information content (AvgIpc) is 3.75. The van der Waals surface area contributed by atoms with E-state index in [1.54, 1.807) is 24.3 Å². The van der Waals surface area contributed by atoms with Crippen LogP contribution in [-0.4, -0.2) is 61.8 Å². The Labute approximate surface area is 357 Å². The van der Waals surface area contributed by atoms with E-state index in [2.05, 4.69) is 25.2 Å². The van der Waals surface area contributed by atoms with Gasteiger partial charge in [-0.05, 0) is 60.4 Å². The highest BCUT2D eigenvalue weighted by Crippen LogP contribution is 2.68. The van der Waals surface area contributed by atoms with Crippen molar-refractivity contribution in [3.63, 3.8) is 0 Å². The summed E-state index contributed by atoms with van der Waals surface area (Å²) in [5.41, 5.74) is -1.67. The van der Waals surface area contributed by atoms with Gasteiger partial charge in [0, 0.05) is 42.6 Å². The lowest BCUT2D eigenvalue weighted by Crippen LogP contribution is -2.38. The van der Waals surface area contributed by atoms with Crippen molar-refractivity contribution in [2.45, 2.75) is 43.7 Å². The number of pyridine rings is 1. The summed E-state index contributed by atoms with van der Waals surface area (Å²) in [6.45, 7) is -0.991. The summed E-state index contributed by atoms with van der Waals surface area (Å²) in [5, 5.41) is 10.8. The van der Waals surface area contributed by atoms with Crippen LogP contribution in [0.1, 0.15) is 53.1 Å². The van der Waals surface area contributed by atoms with E-state index in [1.165, 1.54) is 43.1 Å². The Morgan fingerprint density at radius 1 is 1.03 bits per heavy atom. The van der Waals surface area contributed by atoms with Crippen LogP contribution >= 0.6 is 11.6 Å². The molecular formula is C41H32ClF6N9O5S. The minimum atomic E-state index is -3.92. The number of carbonyl (C=O) groups excluding carboxylic acids is 1. The Bertz CT molecular complexity index is 3210.